The van der Waals surface area contributed by atoms with Crippen LogP contribution in [-0.4, -0.2) is 44.1 Å². The van der Waals surface area contributed by atoms with Crippen LogP contribution in [0.25, 0.3) is 0 Å². The van der Waals surface area contributed by atoms with Crippen molar-refractivity contribution in [1.82, 2.24) is 10.2 Å². The summed E-state index contributed by atoms with van der Waals surface area (Å²) in [5, 5.41) is 3.84. The van der Waals surface area contributed by atoms with Gasteiger partial charge in [0, 0.05) is 17.1 Å². The molecule has 1 N–H and O–H groups in total. The van der Waals surface area contributed by atoms with Crippen LogP contribution < -0.4 is 5.32 Å². The Kier molecular flexibility index (Phi) is 6.08. The van der Waals surface area contributed by atoms with Crippen LogP contribution in [0.15, 0.2) is 48.5 Å². The van der Waals surface area contributed by atoms with Gasteiger partial charge in [-0.05, 0) is 49.3 Å². The molecule has 2 aromatic rings. The Morgan fingerprint density at radius 3 is 2.76 bits per heavy atom. The fourth-order valence-electron chi connectivity index (χ4n) is 3.09. The van der Waals surface area contributed by atoms with E-state index in [1.165, 1.54) is 0 Å². The van der Waals surface area contributed by atoms with Crippen LogP contribution in [0.2, 0.25) is 5.02 Å². The first kappa shape index (κ1) is 17.9. The summed E-state index contributed by atoms with van der Waals surface area (Å²) in [7, 11) is 1.92. The molecule has 0 aromatic heterocycles. The van der Waals surface area contributed by atoms with Crippen LogP contribution in [0.5, 0.6) is 0 Å². The van der Waals surface area contributed by atoms with E-state index in [4.69, 9.17) is 16.3 Å². The van der Waals surface area contributed by atoms with Crippen molar-refractivity contribution in [3.05, 3.63) is 70.2 Å². The van der Waals surface area contributed by atoms with Crippen LogP contribution in [0.3, 0.4) is 0 Å². The van der Waals surface area contributed by atoms with E-state index in [1.54, 1.807) is 0 Å². The zero-order valence-electron chi connectivity index (χ0n) is 14.4. The molecule has 0 aliphatic carbocycles. The van der Waals surface area contributed by atoms with Gasteiger partial charge in [0.25, 0.3) is 5.91 Å². The lowest BCUT2D eigenvalue weighted by Gasteiger charge is -2.33. The molecule has 1 aliphatic rings. The number of hydrogen-bond acceptors (Lipinski definition) is 3. The minimum Gasteiger partial charge on any atom is -0.370 e. The van der Waals surface area contributed by atoms with Gasteiger partial charge in [-0.1, -0.05) is 41.9 Å². The summed E-state index contributed by atoms with van der Waals surface area (Å²) >= 11 is 5.96. The summed E-state index contributed by atoms with van der Waals surface area (Å²) in [6.45, 7) is 2.56. The number of rotatable bonds is 5. The van der Waals surface area contributed by atoms with Gasteiger partial charge < -0.3 is 15.0 Å². The third-order valence-electron chi connectivity index (χ3n) is 4.49. The van der Waals surface area contributed by atoms with E-state index in [1.807, 2.05) is 60.5 Å². The largest absolute Gasteiger partial charge is 0.370 e. The maximum Gasteiger partial charge on any atom is 0.254 e. The van der Waals surface area contributed by atoms with Crippen molar-refractivity contribution in [3.63, 3.8) is 0 Å². The van der Waals surface area contributed by atoms with Crippen molar-refractivity contribution in [2.75, 3.05) is 33.3 Å². The molecule has 4 nitrogen and oxygen atoms in total. The zero-order valence-corrected chi connectivity index (χ0v) is 15.1. The average molecular weight is 359 g/mol. The molecule has 0 bridgehead atoms. The second-order valence-electron chi connectivity index (χ2n) is 6.17. The van der Waals surface area contributed by atoms with E-state index >= 15 is 0 Å². The predicted octanol–water partition coefficient (Wildman–Crippen LogP) is 3.32. The van der Waals surface area contributed by atoms with Crippen molar-refractivity contribution >= 4 is 17.5 Å². The van der Waals surface area contributed by atoms with Gasteiger partial charge >= 0.3 is 0 Å². The van der Waals surface area contributed by atoms with Crippen molar-refractivity contribution < 1.29 is 9.53 Å². The molecule has 1 heterocycles. The number of hydrogen-bond donors (Lipinski definition) is 1. The molecule has 1 atom stereocenters. The number of carbonyl (C=O) groups excluding carboxylic acids is 1. The van der Waals surface area contributed by atoms with E-state index < -0.39 is 0 Å². The normalized spacial score (nSPS) is 17.5. The van der Waals surface area contributed by atoms with Crippen molar-refractivity contribution in [3.8, 4) is 0 Å². The highest BCUT2D eigenvalue weighted by Crippen LogP contribution is 2.25. The lowest BCUT2D eigenvalue weighted by molar-refractivity contribution is -0.0228. The maximum atomic E-state index is 13.0. The minimum atomic E-state index is -0.112. The summed E-state index contributed by atoms with van der Waals surface area (Å²) in [6.07, 6.45) is 0.725. The molecule has 2 aromatic carbocycles. The van der Waals surface area contributed by atoms with Crippen LogP contribution in [-0.2, 0) is 11.2 Å². The minimum absolute atomic E-state index is 0.0777. The van der Waals surface area contributed by atoms with Crippen molar-refractivity contribution in [1.29, 1.82) is 0 Å². The lowest BCUT2D eigenvalue weighted by Crippen LogP contribution is -2.42. The van der Waals surface area contributed by atoms with Gasteiger partial charge in [0.1, 0.15) is 6.10 Å². The molecule has 25 heavy (non-hydrogen) atoms. The second-order valence-corrected chi connectivity index (χ2v) is 6.61. The first-order chi connectivity index (χ1) is 12.2. The highest BCUT2D eigenvalue weighted by molar-refractivity contribution is 6.30. The molecule has 0 spiro atoms. The zero-order chi connectivity index (χ0) is 17.6. The first-order valence-corrected chi connectivity index (χ1v) is 8.95. The summed E-state index contributed by atoms with van der Waals surface area (Å²) in [4.78, 5) is 14.9. The van der Waals surface area contributed by atoms with Crippen LogP contribution in [0, 0.1) is 0 Å². The molecular weight excluding hydrogens is 336 g/mol. The Morgan fingerprint density at radius 1 is 1.24 bits per heavy atom. The van der Waals surface area contributed by atoms with Crippen molar-refractivity contribution in [2.24, 2.45) is 0 Å². The lowest BCUT2D eigenvalue weighted by atomic mass is 10.0. The molecular formula is C20H23ClN2O2. The summed E-state index contributed by atoms with van der Waals surface area (Å²) in [5.41, 5.74) is 2.91. The predicted molar refractivity (Wildman–Crippen MR) is 100 cm³/mol. The Balaban J connectivity index is 1.75. The number of benzene rings is 2. The Labute approximate surface area is 153 Å². The Morgan fingerprint density at radius 2 is 2.00 bits per heavy atom. The van der Waals surface area contributed by atoms with Crippen LogP contribution >= 0.6 is 11.6 Å². The number of ether oxygens (including phenoxy) is 1. The van der Waals surface area contributed by atoms with Gasteiger partial charge in [0.05, 0.1) is 13.2 Å². The van der Waals surface area contributed by atoms with Gasteiger partial charge in [-0.3, -0.25) is 4.79 Å². The number of likely N-dealkylation sites (N-methyl/N-ethyl adjacent to an activating group) is 1. The molecule has 0 saturated carbocycles. The Bertz CT molecular complexity index is 718. The average Bonchev–Trinajstić information content (AvgIpc) is 2.67. The van der Waals surface area contributed by atoms with Gasteiger partial charge in [-0.2, -0.15) is 0 Å². The van der Waals surface area contributed by atoms with E-state index in [2.05, 4.69) is 5.32 Å². The fourth-order valence-corrected chi connectivity index (χ4v) is 3.22. The third kappa shape index (κ3) is 4.40. The third-order valence-corrected chi connectivity index (χ3v) is 4.74. The first-order valence-electron chi connectivity index (χ1n) is 8.58. The quantitative estimate of drug-likeness (QED) is 0.891. The molecule has 3 rings (SSSR count). The highest BCUT2D eigenvalue weighted by atomic mass is 35.5. The number of amides is 1. The number of halogens is 1. The molecule has 1 fully saturated rings. The number of carbonyl (C=O) groups is 1. The summed E-state index contributed by atoms with van der Waals surface area (Å²) in [6, 6.07) is 15.5. The van der Waals surface area contributed by atoms with E-state index in [-0.39, 0.29) is 12.0 Å². The van der Waals surface area contributed by atoms with Crippen LogP contribution in [0.4, 0.5) is 0 Å². The molecule has 1 saturated heterocycles. The number of nitrogens with one attached hydrogen (secondary N) is 1. The highest BCUT2D eigenvalue weighted by Gasteiger charge is 2.27. The summed E-state index contributed by atoms with van der Waals surface area (Å²) in [5.74, 6) is 0.0777. The Hall–Kier alpha value is -1.88. The monoisotopic (exact) mass is 358 g/mol. The summed E-state index contributed by atoms with van der Waals surface area (Å²) < 4.78 is 5.87. The molecule has 1 aliphatic heterocycles. The maximum absolute atomic E-state index is 13.0. The van der Waals surface area contributed by atoms with Gasteiger partial charge in [-0.25, -0.2) is 0 Å². The topological polar surface area (TPSA) is 41.6 Å². The smallest absolute Gasteiger partial charge is 0.254 e. The molecule has 1 amide bonds. The fraction of sp³-hybridized carbons (Fsp3) is 0.350. The standard InChI is InChI=1S/C20H23ClN2O2/c1-22-11-10-15-4-2-3-5-18(15)20(24)23-12-13-25-19(14-23)16-6-8-17(21)9-7-16/h2-9,19,22H,10-14H2,1H3. The number of morpholine rings is 1. The van der Waals surface area contributed by atoms with Gasteiger partial charge in [-0.15, -0.1) is 0 Å². The van der Waals surface area contributed by atoms with E-state index in [9.17, 15) is 4.79 Å². The van der Waals surface area contributed by atoms with E-state index in [0.717, 1.165) is 29.7 Å². The SMILES string of the molecule is CNCCc1ccccc1C(=O)N1CCOC(c2ccc(Cl)cc2)C1. The number of nitrogens with zero attached hydrogens (tertiary/aromatic N) is 1. The van der Waals surface area contributed by atoms with Gasteiger partial charge in [0.15, 0.2) is 0 Å². The second kappa shape index (κ2) is 8.48. The van der Waals surface area contributed by atoms with Gasteiger partial charge in [0.2, 0.25) is 0 Å². The molecule has 132 valence electrons. The molecule has 0 radical (unpaired) electrons. The van der Waals surface area contributed by atoms with E-state index in [0.29, 0.717) is 24.7 Å². The van der Waals surface area contributed by atoms with Crippen molar-refractivity contribution in [2.45, 2.75) is 12.5 Å². The van der Waals surface area contributed by atoms with Crippen LogP contribution in [0.1, 0.15) is 27.6 Å². The molecule has 5 heteroatoms. The molecule has 1 unspecified atom stereocenters.